The maximum Gasteiger partial charge on any atom is 0.260 e. The number of hydrogen-bond donors (Lipinski definition) is 2. The Morgan fingerprint density at radius 1 is 1.14 bits per heavy atom. The lowest BCUT2D eigenvalue weighted by Crippen LogP contribution is -2.45. The summed E-state index contributed by atoms with van der Waals surface area (Å²) in [4.78, 5) is 26.7. The van der Waals surface area contributed by atoms with Crippen molar-refractivity contribution in [3.05, 3.63) is 23.8 Å². The first kappa shape index (κ1) is 23.3. The van der Waals surface area contributed by atoms with E-state index in [1.165, 1.54) is 6.42 Å². The van der Waals surface area contributed by atoms with Crippen molar-refractivity contribution in [2.75, 3.05) is 39.4 Å². The number of halogens is 1. The van der Waals surface area contributed by atoms with Gasteiger partial charge in [-0.2, -0.15) is 0 Å². The second-order valence-corrected chi connectivity index (χ2v) is 7.34. The summed E-state index contributed by atoms with van der Waals surface area (Å²) in [6, 6.07) is 5.27. The molecule has 8 heteroatoms. The summed E-state index contributed by atoms with van der Waals surface area (Å²) in [5.74, 6) is 0.853. The summed E-state index contributed by atoms with van der Waals surface area (Å²) in [6.45, 7) is 5.72. The third-order valence-corrected chi connectivity index (χ3v) is 5.20. The van der Waals surface area contributed by atoms with E-state index in [4.69, 9.17) is 9.47 Å². The minimum absolute atomic E-state index is 0. The molecule has 2 amide bonds. The molecule has 0 bridgehead atoms. The Morgan fingerprint density at radius 2 is 1.93 bits per heavy atom. The summed E-state index contributed by atoms with van der Waals surface area (Å²) in [6.07, 6.45) is 5.33. The maximum absolute atomic E-state index is 12.6. The van der Waals surface area contributed by atoms with Crippen molar-refractivity contribution >= 4 is 24.2 Å². The molecule has 1 atom stereocenters. The van der Waals surface area contributed by atoms with E-state index in [2.05, 4.69) is 10.6 Å². The number of hydrogen-bond acceptors (Lipinski definition) is 5. The Morgan fingerprint density at radius 3 is 2.62 bits per heavy atom. The molecule has 0 aromatic heterocycles. The number of amides is 2. The van der Waals surface area contributed by atoms with Gasteiger partial charge in [0.15, 0.2) is 18.1 Å². The van der Waals surface area contributed by atoms with Gasteiger partial charge in [0.2, 0.25) is 0 Å². The van der Waals surface area contributed by atoms with Crippen LogP contribution in [-0.4, -0.2) is 62.1 Å². The molecule has 2 saturated heterocycles. The van der Waals surface area contributed by atoms with Gasteiger partial charge in [0.1, 0.15) is 0 Å². The maximum atomic E-state index is 12.6. The molecule has 7 nitrogen and oxygen atoms in total. The topological polar surface area (TPSA) is 79.9 Å². The molecule has 0 saturated carbocycles. The van der Waals surface area contributed by atoms with Gasteiger partial charge >= 0.3 is 0 Å². The van der Waals surface area contributed by atoms with Crippen LogP contribution >= 0.6 is 12.4 Å². The normalized spacial score (nSPS) is 19.1. The second kappa shape index (κ2) is 11.9. The van der Waals surface area contributed by atoms with Crippen LogP contribution in [0.1, 0.15) is 49.4 Å². The molecule has 0 aliphatic carbocycles. The lowest BCUT2D eigenvalue weighted by molar-refractivity contribution is -0.134. The fraction of sp³-hybridized carbons (Fsp3) is 0.619. The van der Waals surface area contributed by atoms with Gasteiger partial charge in [-0.3, -0.25) is 9.59 Å². The molecule has 2 fully saturated rings. The van der Waals surface area contributed by atoms with Crippen LogP contribution < -0.4 is 20.1 Å². The molecule has 0 spiro atoms. The molecule has 2 aliphatic rings. The lowest BCUT2D eigenvalue weighted by atomic mass is 10.1. The summed E-state index contributed by atoms with van der Waals surface area (Å²) < 4.78 is 11.4. The van der Waals surface area contributed by atoms with Crippen LogP contribution in [0.2, 0.25) is 0 Å². The lowest BCUT2D eigenvalue weighted by Gasteiger charge is -2.26. The van der Waals surface area contributed by atoms with E-state index in [-0.39, 0.29) is 36.9 Å². The van der Waals surface area contributed by atoms with Gasteiger partial charge in [0, 0.05) is 31.2 Å². The number of benzene rings is 1. The molecule has 1 aromatic rings. The quantitative estimate of drug-likeness (QED) is 0.701. The molecule has 162 valence electrons. The number of piperidine rings is 2. The monoisotopic (exact) mass is 425 g/mol. The number of ether oxygens (including phenoxy) is 2. The third-order valence-electron chi connectivity index (χ3n) is 5.20. The van der Waals surface area contributed by atoms with Crippen LogP contribution in [0.15, 0.2) is 18.2 Å². The predicted molar refractivity (Wildman–Crippen MR) is 114 cm³/mol. The number of rotatable bonds is 7. The van der Waals surface area contributed by atoms with E-state index in [0.29, 0.717) is 23.7 Å². The van der Waals surface area contributed by atoms with E-state index >= 15 is 0 Å². The van der Waals surface area contributed by atoms with Crippen LogP contribution in [0, 0.1) is 0 Å². The molecule has 1 unspecified atom stereocenters. The average molecular weight is 426 g/mol. The smallest absolute Gasteiger partial charge is 0.260 e. The minimum atomic E-state index is -0.120. The predicted octanol–water partition coefficient (Wildman–Crippen LogP) is 2.38. The molecule has 29 heavy (non-hydrogen) atoms. The van der Waals surface area contributed by atoms with Gasteiger partial charge in [-0.1, -0.05) is 0 Å². The van der Waals surface area contributed by atoms with Gasteiger partial charge in [0.05, 0.1) is 6.61 Å². The number of nitrogens with one attached hydrogen (secondary N) is 2. The molecule has 2 aliphatic heterocycles. The summed E-state index contributed by atoms with van der Waals surface area (Å²) >= 11 is 0. The van der Waals surface area contributed by atoms with Crippen LogP contribution in [-0.2, 0) is 4.79 Å². The first-order valence-electron chi connectivity index (χ1n) is 10.4. The number of carbonyl (C=O) groups excluding carboxylic acids is 2. The van der Waals surface area contributed by atoms with Crippen LogP contribution in [0.5, 0.6) is 11.5 Å². The Balaban J connectivity index is 0.00000300. The van der Waals surface area contributed by atoms with Crippen molar-refractivity contribution < 1.29 is 19.1 Å². The van der Waals surface area contributed by atoms with E-state index in [0.717, 1.165) is 51.9 Å². The molecule has 3 rings (SSSR count). The molecule has 2 heterocycles. The zero-order chi connectivity index (χ0) is 19.8. The SMILES string of the molecule is CCOc1cc(C(=O)NC2CCCNC2)ccc1OCC(=O)N1CCCCC1.Cl. The number of likely N-dealkylation sites (tertiary alicyclic amines) is 1. The van der Waals surface area contributed by atoms with Gasteiger partial charge in [0.25, 0.3) is 11.8 Å². The molecular weight excluding hydrogens is 394 g/mol. The first-order valence-corrected chi connectivity index (χ1v) is 10.4. The Bertz CT molecular complexity index is 674. The largest absolute Gasteiger partial charge is 0.490 e. The Labute approximate surface area is 178 Å². The average Bonchev–Trinajstić information content (AvgIpc) is 2.74. The van der Waals surface area contributed by atoms with E-state index < -0.39 is 0 Å². The van der Waals surface area contributed by atoms with Crippen LogP contribution in [0.25, 0.3) is 0 Å². The zero-order valence-corrected chi connectivity index (χ0v) is 17.9. The van der Waals surface area contributed by atoms with Crippen molar-refractivity contribution in [2.45, 2.75) is 45.1 Å². The zero-order valence-electron chi connectivity index (χ0n) is 17.1. The van der Waals surface area contributed by atoms with Crippen molar-refractivity contribution in [3.63, 3.8) is 0 Å². The van der Waals surface area contributed by atoms with Gasteiger partial charge < -0.3 is 25.0 Å². The Hall–Kier alpha value is -1.99. The highest BCUT2D eigenvalue weighted by Gasteiger charge is 2.20. The fourth-order valence-corrected chi connectivity index (χ4v) is 3.65. The molecule has 2 N–H and O–H groups in total. The summed E-state index contributed by atoms with van der Waals surface area (Å²) in [7, 11) is 0. The number of nitrogens with zero attached hydrogens (tertiary/aromatic N) is 1. The van der Waals surface area contributed by atoms with Crippen molar-refractivity contribution in [1.82, 2.24) is 15.5 Å². The number of carbonyl (C=O) groups is 2. The summed E-state index contributed by atoms with van der Waals surface area (Å²) in [5.41, 5.74) is 0.531. The van der Waals surface area contributed by atoms with Crippen molar-refractivity contribution in [2.24, 2.45) is 0 Å². The first-order chi connectivity index (χ1) is 13.7. The van der Waals surface area contributed by atoms with E-state index in [1.807, 2.05) is 11.8 Å². The summed E-state index contributed by atoms with van der Waals surface area (Å²) in [5, 5.41) is 6.35. The van der Waals surface area contributed by atoms with Crippen molar-refractivity contribution in [3.8, 4) is 11.5 Å². The van der Waals surface area contributed by atoms with Crippen molar-refractivity contribution in [1.29, 1.82) is 0 Å². The van der Waals surface area contributed by atoms with Gasteiger partial charge in [-0.15, -0.1) is 12.4 Å². The molecular formula is C21H32ClN3O4. The minimum Gasteiger partial charge on any atom is -0.490 e. The van der Waals surface area contributed by atoms with Crippen LogP contribution in [0.4, 0.5) is 0 Å². The second-order valence-electron chi connectivity index (χ2n) is 7.34. The standard InChI is InChI=1S/C21H31N3O4.ClH/c1-2-27-19-13-16(21(26)23-17-7-6-10-22-14-17)8-9-18(19)28-15-20(25)24-11-4-3-5-12-24;/h8-9,13,17,22H,2-7,10-12,14-15H2,1H3,(H,23,26);1H. The van der Waals surface area contributed by atoms with E-state index in [1.54, 1.807) is 18.2 Å². The Kier molecular flexibility index (Phi) is 9.54. The van der Waals surface area contributed by atoms with Gasteiger partial charge in [-0.05, 0) is 63.8 Å². The highest BCUT2D eigenvalue weighted by atomic mass is 35.5. The highest BCUT2D eigenvalue weighted by Crippen LogP contribution is 2.29. The van der Waals surface area contributed by atoms with Crippen LogP contribution in [0.3, 0.4) is 0 Å². The fourth-order valence-electron chi connectivity index (χ4n) is 3.65. The highest BCUT2D eigenvalue weighted by molar-refractivity contribution is 5.95. The third kappa shape index (κ3) is 6.78. The molecule has 0 radical (unpaired) electrons. The van der Waals surface area contributed by atoms with E-state index in [9.17, 15) is 9.59 Å². The van der Waals surface area contributed by atoms with Gasteiger partial charge in [-0.25, -0.2) is 0 Å². The molecule has 1 aromatic carbocycles.